The van der Waals surface area contributed by atoms with Crippen LogP contribution in [0.25, 0.3) is 0 Å². The van der Waals surface area contributed by atoms with Gasteiger partial charge in [-0.1, -0.05) is 0 Å². The molecule has 1 aliphatic heterocycles. The van der Waals surface area contributed by atoms with Crippen molar-refractivity contribution < 1.29 is 14.6 Å². The van der Waals surface area contributed by atoms with Gasteiger partial charge < -0.3 is 19.9 Å². The highest BCUT2D eigenvalue weighted by atomic mass is 35.5. The van der Waals surface area contributed by atoms with Crippen molar-refractivity contribution in [1.29, 1.82) is 0 Å². The number of benzene rings is 1. The lowest BCUT2D eigenvalue weighted by Crippen LogP contribution is -2.55. The normalized spacial score (nSPS) is 25.0. The van der Waals surface area contributed by atoms with Crippen molar-refractivity contribution >= 4 is 12.4 Å². The Bertz CT molecular complexity index is 506. The molecule has 124 valence electrons. The van der Waals surface area contributed by atoms with Gasteiger partial charge in [0.25, 0.3) is 0 Å². The molecular formula is C16H25ClN2O3. The first-order chi connectivity index (χ1) is 10.2. The van der Waals surface area contributed by atoms with Crippen LogP contribution in [0.4, 0.5) is 0 Å². The molecular weight excluding hydrogens is 304 g/mol. The number of rotatable bonds is 3. The van der Waals surface area contributed by atoms with Crippen LogP contribution in [0, 0.1) is 0 Å². The van der Waals surface area contributed by atoms with Crippen molar-refractivity contribution in [3.63, 3.8) is 0 Å². The molecule has 0 aromatic heterocycles. The predicted molar refractivity (Wildman–Crippen MR) is 88.4 cm³/mol. The van der Waals surface area contributed by atoms with E-state index in [9.17, 15) is 5.11 Å². The average Bonchev–Trinajstić information content (AvgIpc) is 2.54. The highest BCUT2D eigenvalue weighted by Crippen LogP contribution is 2.37. The van der Waals surface area contributed by atoms with Crippen LogP contribution in [0.5, 0.6) is 11.5 Å². The molecule has 2 aliphatic rings. The molecule has 0 amide bonds. The summed E-state index contributed by atoms with van der Waals surface area (Å²) >= 11 is 0. The summed E-state index contributed by atoms with van der Waals surface area (Å²) in [5, 5.41) is 14.0. The number of ether oxygens (including phenoxy) is 2. The second kappa shape index (κ2) is 7.51. The van der Waals surface area contributed by atoms with Gasteiger partial charge >= 0.3 is 0 Å². The zero-order valence-corrected chi connectivity index (χ0v) is 14.0. The minimum atomic E-state index is -0.350. The highest BCUT2D eigenvalue weighted by molar-refractivity contribution is 5.85. The van der Waals surface area contributed by atoms with Gasteiger partial charge in [-0.25, -0.2) is 0 Å². The number of halogens is 1. The molecule has 1 aliphatic carbocycles. The average molecular weight is 329 g/mol. The number of aliphatic hydroxyl groups is 1. The molecule has 5 nitrogen and oxygen atoms in total. The van der Waals surface area contributed by atoms with Crippen molar-refractivity contribution in [2.75, 3.05) is 40.4 Å². The third kappa shape index (κ3) is 3.18. The summed E-state index contributed by atoms with van der Waals surface area (Å²) in [7, 11) is 3.38. The molecule has 1 heterocycles. The van der Waals surface area contributed by atoms with Gasteiger partial charge in [-0.2, -0.15) is 0 Å². The van der Waals surface area contributed by atoms with E-state index in [4.69, 9.17) is 9.47 Å². The number of hydrogen-bond donors (Lipinski definition) is 2. The number of hydrogen-bond acceptors (Lipinski definition) is 5. The van der Waals surface area contributed by atoms with E-state index in [1.807, 2.05) is 12.1 Å². The summed E-state index contributed by atoms with van der Waals surface area (Å²) < 4.78 is 11.0. The number of piperazine rings is 1. The molecule has 1 aromatic rings. The fourth-order valence-electron chi connectivity index (χ4n) is 3.56. The fraction of sp³-hybridized carbons (Fsp3) is 0.625. The summed E-state index contributed by atoms with van der Waals surface area (Å²) in [5.41, 5.74) is 2.28. The first-order valence-corrected chi connectivity index (χ1v) is 7.60. The lowest BCUT2D eigenvalue weighted by Gasteiger charge is -2.41. The number of aliphatic hydroxyl groups excluding tert-OH is 1. The van der Waals surface area contributed by atoms with Gasteiger partial charge in [0, 0.05) is 49.8 Å². The van der Waals surface area contributed by atoms with E-state index >= 15 is 0 Å². The van der Waals surface area contributed by atoms with E-state index in [1.165, 1.54) is 5.56 Å². The molecule has 1 saturated heterocycles. The summed E-state index contributed by atoms with van der Waals surface area (Å²) in [5.74, 6) is 1.75. The third-order valence-electron chi connectivity index (χ3n) is 4.68. The molecule has 22 heavy (non-hydrogen) atoms. The van der Waals surface area contributed by atoms with E-state index in [1.54, 1.807) is 14.2 Å². The Balaban J connectivity index is 0.00000176. The Kier molecular flexibility index (Phi) is 5.92. The van der Waals surface area contributed by atoms with Gasteiger partial charge in [-0.05, 0) is 18.6 Å². The van der Waals surface area contributed by atoms with Crippen LogP contribution < -0.4 is 14.8 Å². The van der Waals surface area contributed by atoms with Crippen LogP contribution in [0.2, 0.25) is 0 Å². The minimum absolute atomic E-state index is 0. The van der Waals surface area contributed by atoms with Gasteiger partial charge in [-0.3, -0.25) is 4.90 Å². The summed E-state index contributed by atoms with van der Waals surface area (Å²) in [4.78, 5) is 2.39. The number of methoxy groups -OCH3 is 2. The second-order valence-electron chi connectivity index (χ2n) is 5.76. The van der Waals surface area contributed by atoms with Gasteiger partial charge in [0.1, 0.15) is 11.5 Å². The van der Waals surface area contributed by atoms with E-state index in [-0.39, 0.29) is 24.6 Å². The standard InChI is InChI=1S/C16H24N2O3.ClH/c1-20-15-3-4-16(21-2)12-10-14(19)13(9-11(12)15)18-7-5-17-6-8-18;/h3-4,13-14,17,19H,5-10H2,1-2H3;1H/t13-,14-;/m0./s1. The molecule has 2 atom stereocenters. The fourth-order valence-corrected chi connectivity index (χ4v) is 3.56. The molecule has 3 rings (SSSR count). The van der Waals surface area contributed by atoms with Crippen molar-refractivity contribution in [2.24, 2.45) is 0 Å². The van der Waals surface area contributed by atoms with E-state index in [2.05, 4.69) is 10.2 Å². The second-order valence-corrected chi connectivity index (χ2v) is 5.76. The zero-order chi connectivity index (χ0) is 14.8. The number of nitrogens with one attached hydrogen (secondary N) is 1. The van der Waals surface area contributed by atoms with Crippen LogP contribution in [0.3, 0.4) is 0 Å². The van der Waals surface area contributed by atoms with E-state index in [0.29, 0.717) is 6.42 Å². The first kappa shape index (κ1) is 17.3. The van der Waals surface area contributed by atoms with Crippen LogP contribution in [-0.2, 0) is 12.8 Å². The molecule has 2 N–H and O–H groups in total. The molecule has 0 saturated carbocycles. The maximum Gasteiger partial charge on any atom is 0.122 e. The highest BCUT2D eigenvalue weighted by Gasteiger charge is 2.35. The van der Waals surface area contributed by atoms with Gasteiger partial charge in [-0.15, -0.1) is 12.4 Å². The van der Waals surface area contributed by atoms with Crippen LogP contribution >= 0.6 is 12.4 Å². The summed E-state index contributed by atoms with van der Waals surface area (Å²) in [6, 6.07) is 4.06. The van der Waals surface area contributed by atoms with Crippen molar-refractivity contribution in [1.82, 2.24) is 10.2 Å². The number of fused-ring (bicyclic) bond motifs is 1. The maximum absolute atomic E-state index is 10.6. The molecule has 0 radical (unpaired) electrons. The molecule has 1 aromatic carbocycles. The van der Waals surface area contributed by atoms with E-state index < -0.39 is 0 Å². The quantitative estimate of drug-likeness (QED) is 0.862. The molecule has 0 bridgehead atoms. The minimum Gasteiger partial charge on any atom is -0.496 e. The van der Waals surface area contributed by atoms with Crippen molar-refractivity contribution in [3.8, 4) is 11.5 Å². The van der Waals surface area contributed by atoms with Gasteiger partial charge in [0.05, 0.1) is 20.3 Å². The lowest BCUT2D eigenvalue weighted by atomic mass is 9.84. The Labute approximate surface area is 138 Å². The Morgan fingerprint density at radius 1 is 1.05 bits per heavy atom. The Morgan fingerprint density at radius 2 is 1.59 bits per heavy atom. The SMILES string of the molecule is COc1ccc(OC)c2c1C[C@H](O)[C@@H](N1CCNCC1)C2.Cl. The molecule has 1 fully saturated rings. The maximum atomic E-state index is 10.6. The topological polar surface area (TPSA) is 54.0 Å². The van der Waals surface area contributed by atoms with Gasteiger partial charge in [0.2, 0.25) is 0 Å². The van der Waals surface area contributed by atoms with Gasteiger partial charge in [0.15, 0.2) is 0 Å². The van der Waals surface area contributed by atoms with Crippen molar-refractivity contribution in [2.45, 2.75) is 25.0 Å². The largest absolute Gasteiger partial charge is 0.496 e. The van der Waals surface area contributed by atoms with Crippen LogP contribution in [-0.4, -0.2) is 62.6 Å². The summed E-state index contributed by atoms with van der Waals surface area (Å²) in [6.45, 7) is 3.96. The zero-order valence-electron chi connectivity index (χ0n) is 13.2. The number of nitrogens with zero attached hydrogens (tertiary/aromatic N) is 1. The lowest BCUT2D eigenvalue weighted by molar-refractivity contribution is 0.0352. The van der Waals surface area contributed by atoms with Crippen LogP contribution in [0.15, 0.2) is 12.1 Å². The van der Waals surface area contributed by atoms with Crippen LogP contribution in [0.1, 0.15) is 11.1 Å². The summed E-state index contributed by atoms with van der Waals surface area (Å²) in [6.07, 6.45) is 1.10. The van der Waals surface area contributed by atoms with E-state index in [0.717, 1.165) is 49.7 Å². The third-order valence-corrected chi connectivity index (χ3v) is 4.68. The Morgan fingerprint density at radius 3 is 2.14 bits per heavy atom. The Hall–Kier alpha value is -1.01. The predicted octanol–water partition coefficient (Wildman–Crippen LogP) is 0.859. The monoisotopic (exact) mass is 328 g/mol. The molecule has 0 spiro atoms. The van der Waals surface area contributed by atoms with Crippen molar-refractivity contribution in [3.05, 3.63) is 23.3 Å². The molecule has 6 heteroatoms. The smallest absolute Gasteiger partial charge is 0.122 e. The first-order valence-electron chi connectivity index (χ1n) is 7.60. The molecule has 0 unspecified atom stereocenters.